The number of amides is 1. The molecule has 1 N–H and O–H groups in total. The fraction of sp³-hybridized carbons (Fsp3) is 0.400. The maximum Gasteiger partial charge on any atom is 0.338 e. The van der Waals surface area contributed by atoms with Gasteiger partial charge in [0.2, 0.25) is 0 Å². The zero-order chi connectivity index (χ0) is 18.5. The van der Waals surface area contributed by atoms with Gasteiger partial charge in [-0.25, -0.2) is 4.79 Å². The molecule has 0 bridgehead atoms. The first-order valence-corrected chi connectivity index (χ1v) is 8.85. The number of nitrogens with one attached hydrogen (secondary N) is 1. The smallest absolute Gasteiger partial charge is 0.338 e. The van der Waals surface area contributed by atoms with Gasteiger partial charge in [-0.3, -0.25) is 4.79 Å². The Morgan fingerprint density at radius 1 is 1.15 bits per heavy atom. The number of esters is 1. The van der Waals surface area contributed by atoms with Crippen LogP contribution in [0, 0.1) is 13.8 Å². The number of rotatable bonds is 6. The van der Waals surface area contributed by atoms with E-state index >= 15 is 0 Å². The standard InChI is InChI=1S/C20H24N2O4/c1-14-5-6-15(2)22(14)17-9-7-16(8-10-17)20(24)26-13-19(23)21-12-18-4-3-11-25-18/h5-10,18H,3-4,11-13H2,1-2H3,(H,21,23). The molecule has 1 atom stereocenters. The van der Waals surface area contributed by atoms with Crippen molar-refractivity contribution in [2.24, 2.45) is 0 Å². The van der Waals surface area contributed by atoms with E-state index in [0.29, 0.717) is 12.1 Å². The van der Waals surface area contributed by atoms with Crippen LogP contribution >= 0.6 is 0 Å². The van der Waals surface area contributed by atoms with Gasteiger partial charge in [0, 0.05) is 30.2 Å². The van der Waals surface area contributed by atoms with Crippen molar-refractivity contribution in [2.45, 2.75) is 32.8 Å². The molecule has 1 aliphatic rings. The molecule has 1 aromatic carbocycles. The van der Waals surface area contributed by atoms with E-state index in [1.54, 1.807) is 12.1 Å². The number of ether oxygens (including phenoxy) is 2. The van der Waals surface area contributed by atoms with Crippen LogP contribution in [-0.2, 0) is 14.3 Å². The summed E-state index contributed by atoms with van der Waals surface area (Å²) in [5.74, 6) is -0.825. The average molecular weight is 356 g/mol. The number of aryl methyl sites for hydroxylation is 2. The lowest BCUT2D eigenvalue weighted by Gasteiger charge is -2.11. The van der Waals surface area contributed by atoms with Gasteiger partial charge in [-0.05, 0) is 63.1 Å². The lowest BCUT2D eigenvalue weighted by Crippen LogP contribution is -2.34. The average Bonchev–Trinajstić information content (AvgIpc) is 3.28. The minimum Gasteiger partial charge on any atom is -0.452 e. The second-order valence-electron chi connectivity index (χ2n) is 6.51. The van der Waals surface area contributed by atoms with Crippen LogP contribution in [0.4, 0.5) is 0 Å². The molecule has 1 fully saturated rings. The highest BCUT2D eigenvalue weighted by Gasteiger charge is 2.17. The van der Waals surface area contributed by atoms with E-state index in [9.17, 15) is 9.59 Å². The molecule has 26 heavy (non-hydrogen) atoms. The van der Waals surface area contributed by atoms with Crippen LogP contribution in [0.2, 0.25) is 0 Å². The number of nitrogens with zero attached hydrogens (tertiary/aromatic N) is 1. The summed E-state index contributed by atoms with van der Waals surface area (Å²) in [7, 11) is 0. The summed E-state index contributed by atoms with van der Waals surface area (Å²) in [5.41, 5.74) is 3.65. The van der Waals surface area contributed by atoms with Crippen molar-refractivity contribution in [3.63, 3.8) is 0 Å². The summed E-state index contributed by atoms with van der Waals surface area (Å²) >= 11 is 0. The minimum absolute atomic E-state index is 0.0720. The van der Waals surface area contributed by atoms with Crippen LogP contribution < -0.4 is 5.32 Å². The molecule has 1 amide bonds. The third-order valence-electron chi connectivity index (χ3n) is 4.52. The molecule has 0 aliphatic carbocycles. The van der Waals surface area contributed by atoms with Crippen LogP contribution in [0.1, 0.15) is 34.6 Å². The molecule has 2 heterocycles. The fourth-order valence-corrected chi connectivity index (χ4v) is 3.12. The molecular weight excluding hydrogens is 332 g/mol. The van der Waals surface area contributed by atoms with Crippen LogP contribution in [0.5, 0.6) is 0 Å². The van der Waals surface area contributed by atoms with E-state index in [2.05, 4.69) is 9.88 Å². The second kappa shape index (κ2) is 8.19. The Bertz CT molecular complexity index is 754. The van der Waals surface area contributed by atoms with Crippen LogP contribution in [0.25, 0.3) is 5.69 Å². The summed E-state index contributed by atoms with van der Waals surface area (Å²) in [5, 5.41) is 2.73. The molecule has 0 radical (unpaired) electrons. The number of hydrogen-bond acceptors (Lipinski definition) is 4. The summed E-state index contributed by atoms with van der Waals surface area (Å²) < 4.78 is 12.6. The molecule has 1 unspecified atom stereocenters. The maximum absolute atomic E-state index is 12.1. The van der Waals surface area contributed by atoms with Crippen molar-refractivity contribution in [3.05, 3.63) is 53.3 Å². The second-order valence-corrected chi connectivity index (χ2v) is 6.51. The Balaban J connectivity index is 1.51. The number of benzene rings is 1. The molecule has 6 heteroatoms. The zero-order valence-electron chi connectivity index (χ0n) is 15.2. The SMILES string of the molecule is Cc1ccc(C)n1-c1ccc(C(=O)OCC(=O)NCC2CCCO2)cc1. The molecule has 0 spiro atoms. The van der Waals surface area contributed by atoms with E-state index in [1.165, 1.54) is 0 Å². The highest BCUT2D eigenvalue weighted by molar-refractivity contribution is 5.91. The Morgan fingerprint density at radius 2 is 1.85 bits per heavy atom. The van der Waals surface area contributed by atoms with Gasteiger partial charge in [-0.1, -0.05) is 0 Å². The van der Waals surface area contributed by atoms with Gasteiger partial charge < -0.3 is 19.4 Å². The van der Waals surface area contributed by atoms with E-state index in [0.717, 1.165) is 36.5 Å². The number of aromatic nitrogens is 1. The van der Waals surface area contributed by atoms with E-state index in [4.69, 9.17) is 9.47 Å². The molecule has 2 aromatic rings. The van der Waals surface area contributed by atoms with Gasteiger partial charge in [-0.2, -0.15) is 0 Å². The summed E-state index contributed by atoms with van der Waals surface area (Å²) in [6.45, 7) is 4.98. The molecule has 1 saturated heterocycles. The summed E-state index contributed by atoms with van der Waals surface area (Å²) in [6, 6.07) is 11.3. The summed E-state index contributed by atoms with van der Waals surface area (Å²) in [6.07, 6.45) is 2.04. The van der Waals surface area contributed by atoms with Crippen LogP contribution in [0.3, 0.4) is 0 Å². The molecule has 6 nitrogen and oxygen atoms in total. The van der Waals surface area contributed by atoms with E-state index < -0.39 is 5.97 Å². The number of carbonyl (C=O) groups excluding carboxylic acids is 2. The fourth-order valence-electron chi connectivity index (χ4n) is 3.12. The first-order chi connectivity index (χ1) is 12.5. The topological polar surface area (TPSA) is 69.6 Å². The maximum atomic E-state index is 12.1. The Hall–Kier alpha value is -2.60. The van der Waals surface area contributed by atoms with Gasteiger partial charge in [0.25, 0.3) is 5.91 Å². The van der Waals surface area contributed by atoms with Gasteiger partial charge in [-0.15, -0.1) is 0 Å². The first-order valence-electron chi connectivity index (χ1n) is 8.85. The predicted molar refractivity (Wildman–Crippen MR) is 97.5 cm³/mol. The largest absolute Gasteiger partial charge is 0.452 e. The van der Waals surface area contributed by atoms with Crippen molar-refractivity contribution in [1.82, 2.24) is 9.88 Å². The molecular formula is C20H24N2O4. The molecule has 1 aliphatic heterocycles. The van der Waals surface area contributed by atoms with Gasteiger partial charge in [0.15, 0.2) is 6.61 Å². The molecule has 0 saturated carbocycles. The number of hydrogen-bond donors (Lipinski definition) is 1. The Morgan fingerprint density at radius 3 is 2.46 bits per heavy atom. The first kappa shape index (κ1) is 18.2. The van der Waals surface area contributed by atoms with Crippen LogP contribution in [-0.4, -0.2) is 42.3 Å². The quantitative estimate of drug-likeness (QED) is 0.808. The molecule has 3 rings (SSSR count). The lowest BCUT2D eigenvalue weighted by atomic mass is 10.2. The third kappa shape index (κ3) is 4.32. The molecule has 138 valence electrons. The highest BCUT2D eigenvalue weighted by atomic mass is 16.5. The van der Waals surface area contributed by atoms with Gasteiger partial charge in [0.1, 0.15) is 0 Å². The van der Waals surface area contributed by atoms with E-state index in [1.807, 2.05) is 38.1 Å². The minimum atomic E-state index is -0.509. The monoisotopic (exact) mass is 356 g/mol. The predicted octanol–water partition coefficient (Wildman–Crippen LogP) is 2.55. The molecule has 1 aromatic heterocycles. The number of carbonyl (C=O) groups is 2. The Kier molecular flexibility index (Phi) is 5.73. The zero-order valence-corrected chi connectivity index (χ0v) is 15.2. The Labute approximate surface area is 153 Å². The van der Waals surface area contributed by atoms with Gasteiger partial charge in [0.05, 0.1) is 11.7 Å². The van der Waals surface area contributed by atoms with Gasteiger partial charge >= 0.3 is 5.97 Å². The van der Waals surface area contributed by atoms with Crippen molar-refractivity contribution in [3.8, 4) is 5.69 Å². The highest BCUT2D eigenvalue weighted by Crippen LogP contribution is 2.17. The van der Waals surface area contributed by atoms with Crippen molar-refractivity contribution >= 4 is 11.9 Å². The van der Waals surface area contributed by atoms with Crippen molar-refractivity contribution in [2.75, 3.05) is 19.8 Å². The van der Waals surface area contributed by atoms with Crippen molar-refractivity contribution < 1.29 is 19.1 Å². The van der Waals surface area contributed by atoms with Crippen LogP contribution in [0.15, 0.2) is 36.4 Å². The normalized spacial score (nSPS) is 16.5. The van der Waals surface area contributed by atoms with Crippen molar-refractivity contribution in [1.29, 1.82) is 0 Å². The van der Waals surface area contributed by atoms with E-state index in [-0.39, 0.29) is 18.6 Å². The summed E-state index contributed by atoms with van der Waals surface area (Å²) in [4.78, 5) is 23.9. The lowest BCUT2D eigenvalue weighted by molar-refractivity contribution is -0.124. The third-order valence-corrected chi connectivity index (χ3v) is 4.52.